The highest BCUT2D eigenvalue weighted by molar-refractivity contribution is 5.84. The summed E-state index contributed by atoms with van der Waals surface area (Å²) in [5.74, 6) is 0.335. The van der Waals surface area contributed by atoms with Gasteiger partial charge in [0.15, 0.2) is 0 Å². The van der Waals surface area contributed by atoms with Crippen molar-refractivity contribution in [1.29, 1.82) is 0 Å². The van der Waals surface area contributed by atoms with Gasteiger partial charge < -0.3 is 5.11 Å². The highest BCUT2D eigenvalue weighted by Crippen LogP contribution is 2.64. The van der Waals surface area contributed by atoms with Crippen LogP contribution in [0.15, 0.2) is 0 Å². The zero-order valence-corrected chi connectivity index (χ0v) is 7.88. The summed E-state index contributed by atoms with van der Waals surface area (Å²) in [5, 5.41) is 10.6. The van der Waals surface area contributed by atoms with Crippen LogP contribution < -0.4 is 0 Å². The third-order valence-electron chi connectivity index (χ3n) is 4.86. The number of hydrogen-bond donors (Lipinski definition) is 1. The Bertz CT molecular complexity index is 273. The largest absolute Gasteiger partial charge is 0.389 e. The predicted octanol–water partition coefficient (Wildman–Crippen LogP) is 1.66. The van der Waals surface area contributed by atoms with Crippen LogP contribution in [0.25, 0.3) is 0 Å². The number of carbonyl (C=O) groups excluding carboxylic acids is 1. The summed E-state index contributed by atoms with van der Waals surface area (Å²) >= 11 is 0. The van der Waals surface area contributed by atoms with Gasteiger partial charge in [0.05, 0.1) is 5.60 Å². The second-order valence-corrected chi connectivity index (χ2v) is 5.12. The lowest BCUT2D eigenvalue weighted by Crippen LogP contribution is -2.50. The molecule has 0 heterocycles. The lowest BCUT2D eigenvalue weighted by Gasteiger charge is -2.43. The Morgan fingerprint density at radius 3 is 2.92 bits per heavy atom. The van der Waals surface area contributed by atoms with Gasteiger partial charge in [-0.3, -0.25) is 4.79 Å². The molecule has 3 aliphatic carbocycles. The summed E-state index contributed by atoms with van der Waals surface area (Å²) in [6.07, 6.45) is 6.90. The lowest BCUT2D eigenvalue weighted by molar-refractivity contribution is -0.145. The zero-order chi connectivity index (χ0) is 9.10. The quantitative estimate of drug-likeness (QED) is 0.615. The molecule has 1 N–H and O–H groups in total. The molecule has 13 heavy (non-hydrogen) atoms. The second-order valence-electron chi connectivity index (χ2n) is 5.12. The Hall–Kier alpha value is -0.370. The Balaban J connectivity index is 2.09. The van der Waals surface area contributed by atoms with Crippen molar-refractivity contribution in [3.8, 4) is 0 Å². The van der Waals surface area contributed by atoms with E-state index < -0.39 is 5.60 Å². The summed E-state index contributed by atoms with van der Waals surface area (Å²) in [6.45, 7) is 0. The molecule has 2 bridgehead atoms. The molecule has 0 aromatic carbocycles. The fourth-order valence-electron chi connectivity index (χ4n) is 4.15. The standard InChI is InChI=1S/C11H16O2/c12-9-3-7-10-4-1-5-11(10,13)8(9)2-6-10/h8,13H,1-7H2/t8-,10+,11+/m0/s1. The number of hydrogen-bond acceptors (Lipinski definition) is 2. The predicted molar refractivity (Wildman–Crippen MR) is 48.2 cm³/mol. The molecule has 0 spiro atoms. The summed E-state index contributed by atoms with van der Waals surface area (Å²) in [5.41, 5.74) is -0.423. The Morgan fingerprint density at radius 2 is 2.08 bits per heavy atom. The van der Waals surface area contributed by atoms with Crippen LogP contribution in [-0.2, 0) is 4.79 Å². The molecule has 3 saturated carbocycles. The first-order chi connectivity index (χ1) is 6.18. The van der Waals surface area contributed by atoms with E-state index >= 15 is 0 Å². The van der Waals surface area contributed by atoms with Gasteiger partial charge in [0.2, 0.25) is 0 Å². The molecule has 2 nitrogen and oxygen atoms in total. The van der Waals surface area contributed by atoms with Gasteiger partial charge in [-0.05, 0) is 38.5 Å². The van der Waals surface area contributed by atoms with Crippen molar-refractivity contribution in [3.05, 3.63) is 0 Å². The van der Waals surface area contributed by atoms with E-state index in [4.69, 9.17) is 0 Å². The van der Waals surface area contributed by atoms with Crippen molar-refractivity contribution in [2.75, 3.05) is 0 Å². The molecule has 2 heteroatoms. The average molecular weight is 180 g/mol. The first-order valence-electron chi connectivity index (χ1n) is 5.43. The van der Waals surface area contributed by atoms with Gasteiger partial charge in [0.25, 0.3) is 0 Å². The third kappa shape index (κ3) is 0.723. The van der Waals surface area contributed by atoms with E-state index in [1.807, 2.05) is 0 Å². The maximum absolute atomic E-state index is 11.6. The van der Waals surface area contributed by atoms with E-state index in [-0.39, 0.29) is 11.3 Å². The van der Waals surface area contributed by atoms with E-state index in [1.54, 1.807) is 0 Å². The monoisotopic (exact) mass is 180 g/mol. The summed E-state index contributed by atoms with van der Waals surface area (Å²) in [4.78, 5) is 11.6. The molecular weight excluding hydrogens is 164 g/mol. The lowest BCUT2D eigenvalue weighted by atomic mass is 9.65. The van der Waals surface area contributed by atoms with Crippen LogP contribution in [0.2, 0.25) is 0 Å². The number of carbonyl (C=O) groups is 1. The van der Waals surface area contributed by atoms with Gasteiger partial charge in [0, 0.05) is 17.8 Å². The minimum atomic E-state index is -0.581. The third-order valence-corrected chi connectivity index (χ3v) is 4.86. The zero-order valence-electron chi connectivity index (χ0n) is 7.88. The number of aliphatic hydroxyl groups is 1. The van der Waals surface area contributed by atoms with Crippen molar-refractivity contribution in [2.24, 2.45) is 11.3 Å². The minimum Gasteiger partial charge on any atom is -0.389 e. The van der Waals surface area contributed by atoms with Crippen LogP contribution in [0.3, 0.4) is 0 Å². The molecule has 3 aliphatic rings. The van der Waals surface area contributed by atoms with Gasteiger partial charge >= 0.3 is 0 Å². The number of rotatable bonds is 0. The van der Waals surface area contributed by atoms with Gasteiger partial charge in [-0.2, -0.15) is 0 Å². The topological polar surface area (TPSA) is 37.3 Å². The van der Waals surface area contributed by atoms with Gasteiger partial charge in [0.1, 0.15) is 5.78 Å². The van der Waals surface area contributed by atoms with Crippen molar-refractivity contribution >= 4 is 5.78 Å². The first-order valence-corrected chi connectivity index (χ1v) is 5.43. The van der Waals surface area contributed by atoms with E-state index in [1.165, 1.54) is 0 Å². The second kappa shape index (κ2) is 2.17. The van der Waals surface area contributed by atoms with E-state index in [0.29, 0.717) is 5.78 Å². The minimum absolute atomic E-state index is 0.00347. The van der Waals surface area contributed by atoms with Crippen molar-refractivity contribution < 1.29 is 9.90 Å². The van der Waals surface area contributed by atoms with Gasteiger partial charge in [-0.15, -0.1) is 0 Å². The number of Topliss-reactive ketones (excluding diaryl/α,β-unsaturated/α-hetero) is 1. The molecule has 0 aromatic rings. The Morgan fingerprint density at radius 1 is 1.23 bits per heavy atom. The van der Waals surface area contributed by atoms with Crippen LogP contribution in [0.5, 0.6) is 0 Å². The molecule has 0 aromatic heterocycles. The molecule has 0 unspecified atom stereocenters. The van der Waals surface area contributed by atoms with Crippen molar-refractivity contribution in [3.63, 3.8) is 0 Å². The van der Waals surface area contributed by atoms with Crippen LogP contribution in [0.1, 0.15) is 44.9 Å². The van der Waals surface area contributed by atoms with Crippen LogP contribution in [0.4, 0.5) is 0 Å². The Kier molecular flexibility index (Phi) is 1.33. The average Bonchev–Trinajstić information content (AvgIpc) is 2.46. The molecule has 3 rings (SSSR count). The fraction of sp³-hybridized carbons (Fsp3) is 0.909. The molecule has 0 radical (unpaired) electrons. The normalized spacial score (nSPS) is 53.9. The molecule has 72 valence electrons. The first kappa shape index (κ1) is 7.98. The SMILES string of the molecule is O=C1CC[C@]23CCC[C@@]2(O)[C@H]1CC3. The molecule has 0 aliphatic heterocycles. The van der Waals surface area contributed by atoms with Crippen molar-refractivity contribution in [1.82, 2.24) is 0 Å². The summed E-state index contributed by atoms with van der Waals surface area (Å²) < 4.78 is 0. The smallest absolute Gasteiger partial charge is 0.138 e. The fourth-order valence-corrected chi connectivity index (χ4v) is 4.15. The molecular formula is C11H16O2. The van der Waals surface area contributed by atoms with E-state index in [2.05, 4.69) is 0 Å². The van der Waals surface area contributed by atoms with Crippen molar-refractivity contribution in [2.45, 2.75) is 50.5 Å². The summed E-state index contributed by atoms with van der Waals surface area (Å²) in [6, 6.07) is 0. The van der Waals surface area contributed by atoms with Gasteiger partial charge in [-0.25, -0.2) is 0 Å². The maximum Gasteiger partial charge on any atom is 0.138 e. The molecule has 0 amide bonds. The van der Waals surface area contributed by atoms with E-state index in [0.717, 1.165) is 44.9 Å². The molecule has 3 fully saturated rings. The maximum atomic E-state index is 11.6. The van der Waals surface area contributed by atoms with Crippen LogP contribution in [0, 0.1) is 11.3 Å². The molecule has 3 atom stereocenters. The van der Waals surface area contributed by atoms with Crippen LogP contribution >= 0.6 is 0 Å². The summed E-state index contributed by atoms with van der Waals surface area (Å²) in [7, 11) is 0. The Labute approximate surface area is 78.3 Å². The highest BCUT2D eigenvalue weighted by atomic mass is 16.3. The van der Waals surface area contributed by atoms with Gasteiger partial charge in [-0.1, -0.05) is 0 Å². The van der Waals surface area contributed by atoms with Crippen LogP contribution in [-0.4, -0.2) is 16.5 Å². The molecule has 0 saturated heterocycles. The highest BCUT2D eigenvalue weighted by Gasteiger charge is 2.65. The number of ketones is 1. The van der Waals surface area contributed by atoms with E-state index in [9.17, 15) is 9.90 Å².